The van der Waals surface area contributed by atoms with Crippen molar-refractivity contribution in [1.82, 2.24) is 14.7 Å². The average Bonchev–Trinajstić information content (AvgIpc) is 2.62. The van der Waals surface area contributed by atoms with Gasteiger partial charge in [0.05, 0.1) is 12.3 Å². The molecule has 0 aliphatic carbocycles. The van der Waals surface area contributed by atoms with E-state index in [4.69, 9.17) is 0 Å². The van der Waals surface area contributed by atoms with Crippen LogP contribution in [0.4, 0.5) is 10.2 Å². The molecule has 1 aliphatic heterocycles. The van der Waals surface area contributed by atoms with Gasteiger partial charge in [0.15, 0.2) is 0 Å². The Bertz CT molecular complexity index is 850. The molecule has 8 heteroatoms. The summed E-state index contributed by atoms with van der Waals surface area (Å²) in [5.41, 5.74) is 1.34. The van der Waals surface area contributed by atoms with Gasteiger partial charge in [-0.2, -0.15) is 0 Å². The summed E-state index contributed by atoms with van der Waals surface area (Å²) >= 11 is 0. The fourth-order valence-electron chi connectivity index (χ4n) is 3.00. The van der Waals surface area contributed by atoms with Gasteiger partial charge in [-0.25, -0.2) is 27.5 Å². The molecule has 6 nitrogen and oxygen atoms in total. The Hall–Kier alpha value is -2.06. The van der Waals surface area contributed by atoms with Crippen molar-refractivity contribution >= 4 is 15.8 Å². The van der Waals surface area contributed by atoms with Gasteiger partial charge in [-0.3, -0.25) is 0 Å². The molecule has 1 aromatic carbocycles. The number of aromatic nitrogens is 2. The summed E-state index contributed by atoms with van der Waals surface area (Å²) in [7, 11) is -3.56. The number of nitrogens with one attached hydrogen (secondary N) is 1. The molecular weight excluding hydrogens is 355 g/mol. The SMILES string of the molecule is Cc1cc(N2CCCCC2)nc(CNS(=O)(=O)Cc2ccc(F)cc2)n1. The van der Waals surface area contributed by atoms with E-state index in [9.17, 15) is 12.8 Å². The van der Waals surface area contributed by atoms with Crippen molar-refractivity contribution in [1.29, 1.82) is 0 Å². The fourth-order valence-corrected chi connectivity index (χ4v) is 4.08. The topological polar surface area (TPSA) is 75.2 Å². The van der Waals surface area contributed by atoms with E-state index in [2.05, 4.69) is 19.6 Å². The number of rotatable bonds is 6. The molecule has 3 rings (SSSR count). The predicted octanol–water partition coefficient (Wildman–Crippen LogP) is 2.53. The van der Waals surface area contributed by atoms with E-state index in [1.165, 1.54) is 30.7 Å². The molecule has 1 aromatic heterocycles. The summed E-state index contributed by atoms with van der Waals surface area (Å²) in [4.78, 5) is 11.1. The predicted molar refractivity (Wildman–Crippen MR) is 98.7 cm³/mol. The molecule has 0 atom stereocenters. The standard InChI is InChI=1S/C18H23FN4O2S/c1-14-11-18(23-9-3-2-4-10-23)22-17(21-14)12-20-26(24,25)13-15-5-7-16(19)8-6-15/h5-8,11,20H,2-4,9-10,12-13H2,1H3. The Morgan fingerprint density at radius 3 is 2.50 bits per heavy atom. The Kier molecular flexibility index (Phi) is 5.83. The number of sulfonamides is 1. The number of piperidine rings is 1. The minimum atomic E-state index is -3.56. The maximum absolute atomic E-state index is 12.9. The number of hydrogen-bond donors (Lipinski definition) is 1. The van der Waals surface area contributed by atoms with Crippen LogP contribution in [0, 0.1) is 12.7 Å². The average molecular weight is 378 g/mol. The summed E-state index contributed by atoms with van der Waals surface area (Å²) in [5, 5.41) is 0. The molecule has 0 spiro atoms. The van der Waals surface area contributed by atoms with Gasteiger partial charge < -0.3 is 4.90 Å². The van der Waals surface area contributed by atoms with Crippen molar-refractivity contribution in [3.05, 3.63) is 53.2 Å². The molecule has 1 saturated heterocycles. The van der Waals surface area contributed by atoms with Crippen LogP contribution in [-0.4, -0.2) is 31.5 Å². The number of anilines is 1. The molecule has 0 radical (unpaired) electrons. The van der Waals surface area contributed by atoms with Crippen LogP contribution in [0.2, 0.25) is 0 Å². The number of hydrogen-bond acceptors (Lipinski definition) is 5. The van der Waals surface area contributed by atoms with Crippen molar-refractivity contribution in [2.75, 3.05) is 18.0 Å². The molecule has 0 amide bonds. The number of nitrogens with zero attached hydrogens (tertiary/aromatic N) is 3. The Morgan fingerprint density at radius 2 is 1.81 bits per heavy atom. The van der Waals surface area contributed by atoms with Gasteiger partial charge in [0, 0.05) is 24.8 Å². The van der Waals surface area contributed by atoms with Crippen LogP contribution in [0.1, 0.15) is 36.3 Å². The minimum Gasteiger partial charge on any atom is -0.357 e. The van der Waals surface area contributed by atoms with Crippen LogP contribution < -0.4 is 9.62 Å². The molecule has 140 valence electrons. The first kappa shape index (κ1) is 18.7. The zero-order chi connectivity index (χ0) is 18.6. The van der Waals surface area contributed by atoms with Gasteiger partial charge in [0.1, 0.15) is 17.5 Å². The van der Waals surface area contributed by atoms with E-state index in [1.807, 2.05) is 13.0 Å². The lowest BCUT2D eigenvalue weighted by atomic mass is 10.1. The fraction of sp³-hybridized carbons (Fsp3) is 0.444. The molecular formula is C18H23FN4O2S. The van der Waals surface area contributed by atoms with Crippen LogP contribution in [0.15, 0.2) is 30.3 Å². The summed E-state index contributed by atoms with van der Waals surface area (Å²) in [6, 6.07) is 7.36. The third-order valence-corrected chi connectivity index (χ3v) is 5.58. The van der Waals surface area contributed by atoms with Gasteiger partial charge in [-0.1, -0.05) is 12.1 Å². The molecule has 1 fully saturated rings. The molecule has 26 heavy (non-hydrogen) atoms. The second-order valence-electron chi connectivity index (χ2n) is 6.54. The zero-order valence-electron chi connectivity index (χ0n) is 14.8. The lowest BCUT2D eigenvalue weighted by Gasteiger charge is -2.28. The number of benzene rings is 1. The molecule has 0 bridgehead atoms. The van der Waals surface area contributed by atoms with E-state index in [1.54, 1.807) is 0 Å². The molecule has 2 aromatic rings. The highest BCUT2D eigenvalue weighted by Crippen LogP contribution is 2.18. The number of aryl methyl sites for hydroxylation is 1. The van der Waals surface area contributed by atoms with Crippen molar-refractivity contribution in [2.24, 2.45) is 0 Å². The van der Waals surface area contributed by atoms with Crippen LogP contribution >= 0.6 is 0 Å². The van der Waals surface area contributed by atoms with Gasteiger partial charge in [-0.15, -0.1) is 0 Å². The summed E-state index contributed by atoms with van der Waals surface area (Å²) in [5.74, 6) is 0.702. The van der Waals surface area contributed by atoms with Crippen LogP contribution in [0.5, 0.6) is 0 Å². The Labute approximate surface area is 153 Å². The first-order valence-corrected chi connectivity index (χ1v) is 10.4. The maximum atomic E-state index is 12.9. The molecule has 1 aliphatic rings. The first-order valence-electron chi connectivity index (χ1n) is 8.72. The third-order valence-electron chi connectivity index (χ3n) is 4.29. The monoisotopic (exact) mass is 378 g/mol. The molecule has 2 heterocycles. The van der Waals surface area contributed by atoms with Gasteiger partial charge in [0.2, 0.25) is 10.0 Å². The molecule has 0 unspecified atom stereocenters. The van der Waals surface area contributed by atoms with E-state index in [0.717, 1.165) is 37.4 Å². The van der Waals surface area contributed by atoms with E-state index in [-0.39, 0.29) is 12.3 Å². The van der Waals surface area contributed by atoms with Gasteiger partial charge >= 0.3 is 0 Å². The lowest BCUT2D eigenvalue weighted by Crippen LogP contribution is -2.31. The van der Waals surface area contributed by atoms with Crippen molar-refractivity contribution in [3.63, 3.8) is 0 Å². The largest absolute Gasteiger partial charge is 0.357 e. The first-order chi connectivity index (χ1) is 12.4. The van der Waals surface area contributed by atoms with E-state index in [0.29, 0.717) is 11.4 Å². The highest BCUT2D eigenvalue weighted by Gasteiger charge is 2.16. The van der Waals surface area contributed by atoms with Gasteiger partial charge in [0.25, 0.3) is 0 Å². The van der Waals surface area contributed by atoms with Crippen molar-refractivity contribution in [2.45, 2.75) is 38.5 Å². The Balaban J connectivity index is 1.66. The Morgan fingerprint density at radius 1 is 1.12 bits per heavy atom. The van der Waals surface area contributed by atoms with Crippen molar-refractivity contribution < 1.29 is 12.8 Å². The van der Waals surface area contributed by atoms with E-state index < -0.39 is 15.8 Å². The minimum absolute atomic E-state index is 0.0338. The van der Waals surface area contributed by atoms with E-state index >= 15 is 0 Å². The molecule has 0 saturated carbocycles. The van der Waals surface area contributed by atoms with Crippen LogP contribution in [0.3, 0.4) is 0 Å². The second-order valence-corrected chi connectivity index (χ2v) is 8.34. The van der Waals surface area contributed by atoms with Crippen LogP contribution in [0.25, 0.3) is 0 Å². The third kappa shape index (κ3) is 5.22. The quantitative estimate of drug-likeness (QED) is 0.836. The lowest BCUT2D eigenvalue weighted by molar-refractivity contribution is 0.569. The zero-order valence-corrected chi connectivity index (χ0v) is 15.6. The second kappa shape index (κ2) is 8.09. The molecule has 1 N–H and O–H groups in total. The normalized spacial score (nSPS) is 15.2. The number of halogens is 1. The summed E-state index contributed by atoms with van der Waals surface area (Å²) < 4.78 is 40.0. The highest BCUT2D eigenvalue weighted by atomic mass is 32.2. The summed E-state index contributed by atoms with van der Waals surface area (Å²) in [6.07, 6.45) is 3.52. The maximum Gasteiger partial charge on any atom is 0.216 e. The smallest absolute Gasteiger partial charge is 0.216 e. The van der Waals surface area contributed by atoms with Crippen LogP contribution in [-0.2, 0) is 22.3 Å². The summed E-state index contributed by atoms with van der Waals surface area (Å²) in [6.45, 7) is 3.84. The highest BCUT2D eigenvalue weighted by molar-refractivity contribution is 7.88. The van der Waals surface area contributed by atoms with Gasteiger partial charge in [-0.05, 0) is 43.9 Å². The van der Waals surface area contributed by atoms with Crippen molar-refractivity contribution in [3.8, 4) is 0 Å².